The summed E-state index contributed by atoms with van der Waals surface area (Å²) in [4.78, 5) is 3.87. The van der Waals surface area contributed by atoms with Crippen LogP contribution in [-0.4, -0.2) is 27.0 Å². The third kappa shape index (κ3) is 2.26. The number of rotatable bonds is 3. The molecule has 1 aromatic carbocycles. The first-order valence-electron chi connectivity index (χ1n) is 4.36. The summed E-state index contributed by atoms with van der Waals surface area (Å²) in [5, 5.41) is 8.82. The van der Waals surface area contributed by atoms with Crippen LogP contribution in [-0.2, 0) is 0 Å². The summed E-state index contributed by atoms with van der Waals surface area (Å²) in [5.74, 6) is 1.22. The summed E-state index contributed by atoms with van der Waals surface area (Å²) >= 11 is 0. The number of ether oxygens (including phenoxy) is 2. The van der Waals surface area contributed by atoms with Crippen molar-refractivity contribution in [3.05, 3.63) is 23.8 Å². The zero-order chi connectivity index (χ0) is 11.3. The number of aliphatic imine (C=N–C) groups is 1. The van der Waals surface area contributed by atoms with Gasteiger partial charge in [-0.25, -0.2) is 0 Å². The molecular formula is C11H12N2O2. The van der Waals surface area contributed by atoms with Crippen molar-refractivity contribution in [3.63, 3.8) is 0 Å². The van der Waals surface area contributed by atoms with Crippen LogP contribution in [0.3, 0.4) is 0 Å². The molecule has 0 radical (unpaired) electrons. The largest absolute Gasteiger partial charge is 0.493 e. The minimum atomic E-state index is 0.371. The van der Waals surface area contributed by atoms with Crippen molar-refractivity contribution in [1.82, 2.24) is 0 Å². The van der Waals surface area contributed by atoms with Crippen LogP contribution in [0.15, 0.2) is 23.2 Å². The van der Waals surface area contributed by atoms with Gasteiger partial charge in [0.05, 0.1) is 14.2 Å². The standard InChI is InChI=1S/C11H12N2O2/c1-13-9(7-12)8-4-5-10(14-2)11(6-8)15-3/h4-6H,1-3H3. The van der Waals surface area contributed by atoms with E-state index in [4.69, 9.17) is 14.7 Å². The van der Waals surface area contributed by atoms with Crippen molar-refractivity contribution in [2.75, 3.05) is 21.3 Å². The van der Waals surface area contributed by atoms with Gasteiger partial charge < -0.3 is 9.47 Å². The lowest BCUT2D eigenvalue weighted by Gasteiger charge is -2.08. The van der Waals surface area contributed by atoms with E-state index >= 15 is 0 Å². The summed E-state index contributed by atoms with van der Waals surface area (Å²) in [5.41, 5.74) is 1.09. The minimum Gasteiger partial charge on any atom is -0.493 e. The Hall–Kier alpha value is -2.02. The van der Waals surface area contributed by atoms with Crippen LogP contribution >= 0.6 is 0 Å². The van der Waals surface area contributed by atoms with Gasteiger partial charge in [0, 0.05) is 12.6 Å². The van der Waals surface area contributed by atoms with Crippen molar-refractivity contribution in [1.29, 1.82) is 5.26 Å². The Balaban J connectivity index is 3.20. The molecule has 0 unspecified atom stereocenters. The van der Waals surface area contributed by atoms with E-state index in [1.165, 1.54) is 0 Å². The first kappa shape index (κ1) is 11.1. The Morgan fingerprint density at radius 3 is 2.40 bits per heavy atom. The predicted molar refractivity (Wildman–Crippen MR) is 57.6 cm³/mol. The molecule has 1 aromatic rings. The highest BCUT2D eigenvalue weighted by molar-refractivity contribution is 6.11. The molecular weight excluding hydrogens is 192 g/mol. The van der Waals surface area contributed by atoms with E-state index in [0.717, 1.165) is 5.56 Å². The van der Waals surface area contributed by atoms with E-state index in [0.29, 0.717) is 17.2 Å². The maximum absolute atomic E-state index is 8.82. The third-order valence-corrected chi connectivity index (χ3v) is 1.99. The number of hydrogen-bond donors (Lipinski definition) is 0. The van der Waals surface area contributed by atoms with Gasteiger partial charge in [0.15, 0.2) is 11.5 Å². The van der Waals surface area contributed by atoms with Crippen LogP contribution in [0, 0.1) is 11.3 Å². The van der Waals surface area contributed by atoms with Crippen LogP contribution in [0.25, 0.3) is 0 Å². The van der Waals surface area contributed by atoms with E-state index in [9.17, 15) is 0 Å². The highest BCUT2D eigenvalue weighted by Gasteiger charge is 2.07. The van der Waals surface area contributed by atoms with Gasteiger partial charge in [0.1, 0.15) is 11.8 Å². The molecule has 0 amide bonds. The Labute approximate surface area is 88.8 Å². The van der Waals surface area contributed by atoms with Gasteiger partial charge in [-0.3, -0.25) is 4.99 Å². The summed E-state index contributed by atoms with van der Waals surface area (Å²) in [7, 11) is 4.70. The summed E-state index contributed by atoms with van der Waals surface area (Å²) in [6.07, 6.45) is 0. The topological polar surface area (TPSA) is 54.6 Å². The fourth-order valence-electron chi connectivity index (χ4n) is 1.23. The summed E-state index contributed by atoms with van der Waals surface area (Å²) in [6, 6.07) is 7.25. The fraction of sp³-hybridized carbons (Fsp3) is 0.273. The monoisotopic (exact) mass is 204 g/mol. The molecule has 0 aliphatic rings. The van der Waals surface area contributed by atoms with Gasteiger partial charge in [-0.05, 0) is 18.2 Å². The zero-order valence-corrected chi connectivity index (χ0v) is 8.94. The van der Waals surface area contributed by atoms with Crippen LogP contribution < -0.4 is 9.47 Å². The molecule has 78 valence electrons. The molecule has 4 nitrogen and oxygen atoms in total. The average Bonchev–Trinajstić information content (AvgIpc) is 2.30. The molecule has 0 aliphatic carbocycles. The van der Waals surface area contributed by atoms with Crippen molar-refractivity contribution in [2.24, 2.45) is 4.99 Å². The zero-order valence-electron chi connectivity index (χ0n) is 8.94. The lowest BCUT2D eigenvalue weighted by molar-refractivity contribution is 0.355. The molecule has 0 fully saturated rings. The number of nitrogens with zero attached hydrogens (tertiary/aromatic N) is 2. The molecule has 0 heterocycles. The van der Waals surface area contributed by atoms with Gasteiger partial charge in [-0.15, -0.1) is 0 Å². The van der Waals surface area contributed by atoms with Crippen LogP contribution in [0.2, 0.25) is 0 Å². The molecule has 0 N–H and O–H groups in total. The van der Waals surface area contributed by atoms with E-state index in [-0.39, 0.29) is 0 Å². The Bertz CT molecular complexity index is 419. The maximum atomic E-state index is 8.82. The van der Waals surface area contributed by atoms with Crippen LogP contribution in [0.5, 0.6) is 11.5 Å². The van der Waals surface area contributed by atoms with E-state index in [1.54, 1.807) is 39.5 Å². The van der Waals surface area contributed by atoms with Crippen molar-refractivity contribution in [3.8, 4) is 17.6 Å². The quantitative estimate of drug-likeness (QED) is 0.703. The van der Waals surface area contributed by atoms with Gasteiger partial charge >= 0.3 is 0 Å². The smallest absolute Gasteiger partial charge is 0.161 e. The molecule has 0 spiro atoms. The molecule has 0 aromatic heterocycles. The predicted octanol–water partition coefficient (Wildman–Crippen LogP) is 1.65. The number of hydrogen-bond acceptors (Lipinski definition) is 4. The lowest BCUT2D eigenvalue weighted by atomic mass is 10.1. The second-order valence-electron chi connectivity index (χ2n) is 2.75. The van der Waals surface area contributed by atoms with Gasteiger partial charge in [0.2, 0.25) is 0 Å². The van der Waals surface area contributed by atoms with Crippen molar-refractivity contribution < 1.29 is 9.47 Å². The Morgan fingerprint density at radius 2 is 1.93 bits per heavy atom. The van der Waals surface area contributed by atoms with Crippen LogP contribution in [0.1, 0.15) is 5.56 Å². The maximum Gasteiger partial charge on any atom is 0.161 e. The third-order valence-electron chi connectivity index (χ3n) is 1.99. The molecule has 0 aliphatic heterocycles. The number of benzene rings is 1. The van der Waals surface area contributed by atoms with E-state index in [1.807, 2.05) is 6.07 Å². The molecule has 15 heavy (non-hydrogen) atoms. The minimum absolute atomic E-state index is 0.371. The average molecular weight is 204 g/mol. The highest BCUT2D eigenvalue weighted by atomic mass is 16.5. The normalized spacial score (nSPS) is 10.7. The second-order valence-corrected chi connectivity index (χ2v) is 2.75. The summed E-state index contributed by atoms with van der Waals surface area (Å²) in [6.45, 7) is 0. The number of methoxy groups -OCH3 is 2. The Kier molecular flexibility index (Phi) is 3.69. The first-order valence-corrected chi connectivity index (χ1v) is 4.36. The summed E-state index contributed by atoms with van der Waals surface area (Å²) < 4.78 is 10.2. The SMILES string of the molecule is CN=C(C#N)c1ccc(OC)c(OC)c1. The molecule has 0 bridgehead atoms. The fourth-order valence-corrected chi connectivity index (χ4v) is 1.23. The van der Waals surface area contributed by atoms with Gasteiger partial charge in [-0.1, -0.05) is 0 Å². The van der Waals surface area contributed by atoms with Crippen LogP contribution in [0.4, 0.5) is 0 Å². The van der Waals surface area contributed by atoms with E-state index in [2.05, 4.69) is 4.99 Å². The van der Waals surface area contributed by atoms with Crippen molar-refractivity contribution in [2.45, 2.75) is 0 Å². The van der Waals surface area contributed by atoms with Gasteiger partial charge in [0.25, 0.3) is 0 Å². The number of nitriles is 1. The first-order chi connectivity index (χ1) is 7.26. The van der Waals surface area contributed by atoms with Gasteiger partial charge in [-0.2, -0.15) is 5.26 Å². The molecule has 0 atom stereocenters. The Morgan fingerprint density at radius 1 is 1.27 bits per heavy atom. The lowest BCUT2D eigenvalue weighted by Crippen LogP contribution is -1.99. The highest BCUT2D eigenvalue weighted by Crippen LogP contribution is 2.27. The van der Waals surface area contributed by atoms with E-state index < -0.39 is 0 Å². The molecule has 4 heteroatoms. The molecule has 1 rings (SSSR count). The molecule has 0 saturated heterocycles. The van der Waals surface area contributed by atoms with Crippen molar-refractivity contribution >= 4 is 5.71 Å². The molecule has 0 saturated carbocycles. The second kappa shape index (κ2) is 5.01.